The zero-order valence-corrected chi connectivity index (χ0v) is 18.1. The molecule has 0 aromatic heterocycles. The van der Waals surface area contributed by atoms with Crippen molar-refractivity contribution in [3.8, 4) is 0 Å². The van der Waals surface area contributed by atoms with Gasteiger partial charge in [0.05, 0.1) is 34.7 Å². The molecule has 3 rings (SSSR count). The van der Waals surface area contributed by atoms with E-state index in [1.165, 1.54) is 11.8 Å². The fraction of sp³-hybridized carbons (Fsp3) is 0.261. The number of carbonyl (C=O) groups excluding carboxylic acids is 2. The first kappa shape index (κ1) is 21.6. The summed E-state index contributed by atoms with van der Waals surface area (Å²) >= 11 is 1.34. The normalized spacial score (nSPS) is 13.7. The average molecular weight is 424 g/mol. The molecule has 2 aromatic rings. The van der Waals surface area contributed by atoms with E-state index in [4.69, 9.17) is 9.73 Å². The third kappa shape index (κ3) is 5.97. The molecule has 1 aliphatic rings. The van der Waals surface area contributed by atoms with Crippen molar-refractivity contribution < 1.29 is 14.3 Å². The van der Waals surface area contributed by atoms with Crippen molar-refractivity contribution >= 4 is 45.7 Å². The van der Waals surface area contributed by atoms with Crippen LogP contribution in [0.2, 0.25) is 0 Å². The first-order chi connectivity index (χ1) is 14.4. The number of hydrogen-bond donors (Lipinski definition) is 2. The summed E-state index contributed by atoms with van der Waals surface area (Å²) in [4.78, 5) is 29.4. The van der Waals surface area contributed by atoms with Crippen LogP contribution in [0.1, 0.15) is 25.8 Å². The maximum absolute atomic E-state index is 12.7. The highest BCUT2D eigenvalue weighted by molar-refractivity contribution is 8.15. The van der Waals surface area contributed by atoms with Gasteiger partial charge in [0.1, 0.15) is 0 Å². The van der Waals surface area contributed by atoms with E-state index in [1.807, 2.05) is 62.4 Å². The molecule has 0 bridgehead atoms. The lowest BCUT2D eigenvalue weighted by atomic mass is 10.2. The number of carbonyl (C=O) groups is 2. The highest BCUT2D eigenvalue weighted by Crippen LogP contribution is 2.32. The smallest absolute Gasteiger partial charge is 0.311 e. The Labute approximate surface area is 180 Å². The van der Waals surface area contributed by atoms with Crippen molar-refractivity contribution in [3.63, 3.8) is 0 Å². The van der Waals surface area contributed by atoms with Gasteiger partial charge in [0.25, 0.3) is 0 Å². The van der Waals surface area contributed by atoms with Crippen LogP contribution < -0.4 is 10.6 Å². The molecule has 0 unspecified atom stereocenters. The van der Waals surface area contributed by atoms with E-state index in [9.17, 15) is 9.59 Å². The fourth-order valence-corrected chi connectivity index (χ4v) is 3.80. The van der Waals surface area contributed by atoms with Gasteiger partial charge in [-0.05, 0) is 56.7 Å². The number of fused-ring (bicyclic) bond motifs is 1. The van der Waals surface area contributed by atoms with Gasteiger partial charge < -0.3 is 15.4 Å². The second kappa shape index (κ2) is 10.1. The molecule has 6 nitrogen and oxygen atoms in total. The monoisotopic (exact) mass is 423 g/mol. The molecule has 0 spiro atoms. The fourth-order valence-electron chi connectivity index (χ4n) is 2.91. The second-order valence-corrected chi connectivity index (χ2v) is 8.22. The third-order valence-electron chi connectivity index (χ3n) is 4.32. The number of thioether (sulfide) groups is 1. The Morgan fingerprint density at radius 1 is 1.20 bits per heavy atom. The van der Waals surface area contributed by atoms with Gasteiger partial charge in [0.2, 0.25) is 5.91 Å². The van der Waals surface area contributed by atoms with Gasteiger partial charge in [-0.25, -0.2) is 4.99 Å². The number of hydrogen-bond acceptors (Lipinski definition) is 6. The van der Waals surface area contributed by atoms with E-state index in [-0.39, 0.29) is 23.5 Å². The van der Waals surface area contributed by atoms with Crippen molar-refractivity contribution in [2.24, 2.45) is 4.99 Å². The Morgan fingerprint density at radius 3 is 2.77 bits per heavy atom. The SMILES string of the molecule is CCOC(=O)CC1=CC(S[C@H](C)C(=O)Nc2cccc(C)c2)=Nc2ccccc2N1. The largest absolute Gasteiger partial charge is 0.466 e. The van der Waals surface area contributed by atoms with Crippen molar-refractivity contribution in [2.45, 2.75) is 32.4 Å². The van der Waals surface area contributed by atoms with Crippen LogP contribution in [0.4, 0.5) is 17.1 Å². The number of para-hydroxylation sites is 2. The van der Waals surface area contributed by atoms with E-state index in [2.05, 4.69) is 10.6 Å². The highest BCUT2D eigenvalue weighted by atomic mass is 32.2. The van der Waals surface area contributed by atoms with Crippen LogP contribution >= 0.6 is 11.8 Å². The van der Waals surface area contributed by atoms with Gasteiger partial charge in [0.15, 0.2) is 0 Å². The Balaban J connectivity index is 1.77. The zero-order chi connectivity index (χ0) is 21.5. The Hall–Kier alpha value is -3.06. The first-order valence-corrected chi connectivity index (χ1v) is 10.7. The molecule has 0 saturated carbocycles. The molecule has 7 heteroatoms. The first-order valence-electron chi connectivity index (χ1n) is 9.79. The Kier molecular flexibility index (Phi) is 7.30. The van der Waals surface area contributed by atoms with Crippen molar-refractivity contribution in [1.82, 2.24) is 0 Å². The molecule has 1 atom stereocenters. The molecule has 0 aliphatic carbocycles. The summed E-state index contributed by atoms with van der Waals surface area (Å²) in [5.41, 5.74) is 4.08. The van der Waals surface area contributed by atoms with Gasteiger partial charge in [-0.1, -0.05) is 36.0 Å². The van der Waals surface area contributed by atoms with Crippen LogP contribution in [0.25, 0.3) is 0 Å². The molecule has 156 valence electrons. The molecule has 30 heavy (non-hydrogen) atoms. The topological polar surface area (TPSA) is 79.8 Å². The summed E-state index contributed by atoms with van der Waals surface area (Å²) < 4.78 is 5.07. The van der Waals surface area contributed by atoms with Gasteiger partial charge in [-0.15, -0.1) is 0 Å². The number of rotatable bonds is 6. The van der Waals surface area contributed by atoms with Crippen LogP contribution in [0, 0.1) is 6.92 Å². The van der Waals surface area contributed by atoms with Crippen LogP contribution in [0.3, 0.4) is 0 Å². The Morgan fingerprint density at radius 2 is 2.00 bits per heavy atom. The number of aliphatic imine (C=N–C) groups is 1. The number of ether oxygens (including phenoxy) is 1. The van der Waals surface area contributed by atoms with Crippen molar-refractivity contribution in [3.05, 3.63) is 65.9 Å². The van der Waals surface area contributed by atoms with Crippen LogP contribution in [-0.4, -0.2) is 28.8 Å². The lowest BCUT2D eigenvalue weighted by Gasteiger charge is -2.12. The number of nitrogens with one attached hydrogen (secondary N) is 2. The van der Waals surface area contributed by atoms with Crippen molar-refractivity contribution in [1.29, 1.82) is 0 Å². The maximum Gasteiger partial charge on any atom is 0.311 e. The quantitative estimate of drug-likeness (QED) is 0.636. The van der Waals surface area contributed by atoms with Crippen LogP contribution in [0.15, 0.2) is 65.3 Å². The molecule has 2 aromatic carbocycles. The van der Waals surface area contributed by atoms with Gasteiger partial charge >= 0.3 is 5.97 Å². The second-order valence-electron chi connectivity index (χ2n) is 6.86. The summed E-state index contributed by atoms with van der Waals surface area (Å²) in [7, 11) is 0. The molecule has 2 N–H and O–H groups in total. The highest BCUT2D eigenvalue weighted by Gasteiger charge is 2.20. The summed E-state index contributed by atoms with van der Waals surface area (Å²) in [6.45, 7) is 5.92. The summed E-state index contributed by atoms with van der Waals surface area (Å²) in [5.74, 6) is -0.427. The minimum Gasteiger partial charge on any atom is -0.466 e. The lowest BCUT2D eigenvalue weighted by Crippen LogP contribution is -2.23. The third-order valence-corrected chi connectivity index (χ3v) is 5.34. The van der Waals surface area contributed by atoms with Crippen LogP contribution in [0.5, 0.6) is 0 Å². The van der Waals surface area contributed by atoms with Gasteiger partial charge in [-0.2, -0.15) is 0 Å². The minimum absolute atomic E-state index is 0.103. The minimum atomic E-state index is -0.380. The number of aryl methyl sites for hydroxylation is 1. The average Bonchev–Trinajstić information content (AvgIpc) is 2.86. The number of amides is 1. The number of benzene rings is 2. The van der Waals surface area contributed by atoms with Gasteiger partial charge in [-0.3, -0.25) is 9.59 Å². The maximum atomic E-state index is 12.7. The van der Waals surface area contributed by atoms with Crippen LogP contribution in [-0.2, 0) is 14.3 Å². The Bertz CT molecular complexity index is 1000. The molecule has 0 radical (unpaired) electrons. The number of esters is 1. The molecule has 1 amide bonds. The van der Waals surface area contributed by atoms with E-state index < -0.39 is 0 Å². The number of anilines is 2. The molecule has 0 saturated heterocycles. The van der Waals surface area contributed by atoms with E-state index in [0.29, 0.717) is 17.3 Å². The standard InChI is InChI=1S/C23H25N3O3S/c1-4-29-22(27)14-18-13-21(26-20-11-6-5-10-19(20)24-18)30-16(3)23(28)25-17-9-7-8-15(2)12-17/h5-13,16,24H,4,14H2,1-3H3,(H,25,28)/t16-/m1/s1. The molecule has 0 fully saturated rings. The molecular formula is C23H25N3O3S. The van der Waals surface area contributed by atoms with E-state index >= 15 is 0 Å². The number of nitrogens with zero attached hydrogens (tertiary/aromatic N) is 1. The molecule has 1 aliphatic heterocycles. The lowest BCUT2D eigenvalue weighted by molar-refractivity contribution is -0.142. The molecular weight excluding hydrogens is 398 g/mol. The predicted molar refractivity (Wildman–Crippen MR) is 123 cm³/mol. The summed E-state index contributed by atoms with van der Waals surface area (Å²) in [6.07, 6.45) is 1.91. The summed E-state index contributed by atoms with van der Waals surface area (Å²) in [6, 6.07) is 15.3. The summed E-state index contributed by atoms with van der Waals surface area (Å²) in [5, 5.41) is 6.47. The zero-order valence-electron chi connectivity index (χ0n) is 17.3. The molecule has 1 heterocycles. The van der Waals surface area contributed by atoms with Crippen molar-refractivity contribution in [2.75, 3.05) is 17.2 Å². The predicted octanol–water partition coefficient (Wildman–Crippen LogP) is 5.05. The van der Waals surface area contributed by atoms with Gasteiger partial charge in [0, 0.05) is 11.4 Å². The van der Waals surface area contributed by atoms with E-state index in [0.717, 1.165) is 22.6 Å². The van der Waals surface area contributed by atoms with E-state index in [1.54, 1.807) is 13.0 Å².